The summed E-state index contributed by atoms with van der Waals surface area (Å²) < 4.78 is 10.7. The molecule has 0 radical (unpaired) electrons. The third-order valence-electron chi connectivity index (χ3n) is 3.19. The predicted molar refractivity (Wildman–Crippen MR) is 93.4 cm³/mol. The summed E-state index contributed by atoms with van der Waals surface area (Å²) in [6.45, 7) is 0.252. The topological polar surface area (TPSA) is 90.7 Å². The zero-order valence-electron chi connectivity index (χ0n) is 13.1. The van der Waals surface area contributed by atoms with E-state index in [-0.39, 0.29) is 43.8 Å². The van der Waals surface area contributed by atoms with Crippen LogP contribution in [-0.2, 0) is 19.1 Å². The number of hydrogen-bond donors (Lipinski definition) is 2. The lowest BCUT2D eigenvalue weighted by Crippen LogP contribution is -2.35. The van der Waals surface area contributed by atoms with E-state index in [0.29, 0.717) is 0 Å². The molecule has 2 unspecified atom stereocenters. The van der Waals surface area contributed by atoms with E-state index in [1.54, 1.807) is 0 Å². The van der Waals surface area contributed by atoms with Gasteiger partial charge in [0.2, 0.25) is 5.91 Å². The van der Waals surface area contributed by atoms with E-state index in [0.717, 1.165) is 10.0 Å². The van der Waals surface area contributed by atoms with Gasteiger partial charge in [0.25, 0.3) is 0 Å². The summed E-state index contributed by atoms with van der Waals surface area (Å²) in [7, 11) is 2.82. The van der Waals surface area contributed by atoms with Gasteiger partial charge in [-0.05, 0) is 17.7 Å². The Morgan fingerprint density at radius 1 is 1.30 bits per heavy atom. The number of rotatable bonds is 8. The monoisotopic (exact) mass is 408 g/mol. The summed E-state index contributed by atoms with van der Waals surface area (Å²) in [5, 5.41) is 2.83. The molecule has 0 aromatic heterocycles. The second-order valence-corrected chi connectivity index (χ2v) is 5.67. The van der Waals surface area contributed by atoms with E-state index in [9.17, 15) is 9.59 Å². The number of carbonyl (C=O) groups excluding carboxylic acids is 2. The molecule has 1 rings (SSSR count). The number of nitrogens with two attached hydrogens (primary N) is 1. The minimum Gasteiger partial charge on any atom is -0.469 e. The van der Waals surface area contributed by atoms with Gasteiger partial charge in [0.05, 0.1) is 32.1 Å². The zero-order chi connectivity index (χ0) is 16.5. The van der Waals surface area contributed by atoms with Crippen LogP contribution in [0, 0.1) is 0 Å². The van der Waals surface area contributed by atoms with Gasteiger partial charge in [0, 0.05) is 18.1 Å². The minimum absolute atomic E-state index is 0. The van der Waals surface area contributed by atoms with Gasteiger partial charge in [-0.25, -0.2) is 0 Å². The highest BCUT2D eigenvalue weighted by atomic mass is 79.9. The first kappa shape index (κ1) is 21.9. The van der Waals surface area contributed by atoms with Crippen LogP contribution in [0.5, 0.6) is 0 Å². The highest BCUT2D eigenvalue weighted by molar-refractivity contribution is 9.10. The molecule has 0 aliphatic carbocycles. The molecule has 6 nitrogen and oxygen atoms in total. The first-order valence-corrected chi connectivity index (χ1v) is 7.64. The number of nitrogens with one attached hydrogen (secondary N) is 1. The molecule has 0 bridgehead atoms. The summed E-state index contributed by atoms with van der Waals surface area (Å²) in [5.74, 6) is -0.626. The van der Waals surface area contributed by atoms with Crippen LogP contribution >= 0.6 is 28.3 Å². The molecule has 8 heteroatoms. The highest BCUT2D eigenvalue weighted by Crippen LogP contribution is 2.21. The Labute approximate surface area is 150 Å². The summed E-state index contributed by atoms with van der Waals surface area (Å²) in [5.41, 5.74) is 6.32. The third kappa shape index (κ3) is 7.78. The van der Waals surface area contributed by atoms with Crippen LogP contribution < -0.4 is 11.1 Å². The molecule has 0 fully saturated rings. The smallest absolute Gasteiger partial charge is 0.307 e. The van der Waals surface area contributed by atoms with Crippen molar-refractivity contribution in [2.24, 2.45) is 5.73 Å². The third-order valence-corrected chi connectivity index (χ3v) is 3.69. The SMILES string of the molecule is COC(=O)CC(NC(=O)CC(CN)OC)c1cccc(Br)c1.Cl. The molecule has 0 aliphatic rings. The fraction of sp³-hybridized carbons (Fsp3) is 0.467. The lowest BCUT2D eigenvalue weighted by atomic mass is 10.0. The van der Waals surface area contributed by atoms with E-state index in [4.69, 9.17) is 15.2 Å². The Morgan fingerprint density at radius 2 is 2.00 bits per heavy atom. The number of methoxy groups -OCH3 is 2. The highest BCUT2D eigenvalue weighted by Gasteiger charge is 2.21. The van der Waals surface area contributed by atoms with Crippen LogP contribution in [-0.4, -0.2) is 38.7 Å². The number of ether oxygens (including phenoxy) is 2. The van der Waals surface area contributed by atoms with Crippen molar-refractivity contribution in [3.63, 3.8) is 0 Å². The summed E-state index contributed by atoms with van der Waals surface area (Å²) in [4.78, 5) is 23.7. The van der Waals surface area contributed by atoms with Gasteiger partial charge >= 0.3 is 5.97 Å². The van der Waals surface area contributed by atoms with E-state index in [2.05, 4.69) is 21.2 Å². The molecule has 130 valence electrons. The van der Waals surface area contributed by atoms with Gasteiger partial charge in [-0.1, -0.05) is 28.1 Å². The lowest BCUT2D eigenvalue weighted by molar-refractivity contribution is -0.141. The number of esters is 1. The van der Waals surface area contributed by atoms with E-state index >= 15 is 0 Å². The molecule has 0 spiro atoms. The van der Waals surface area contributed by atoms with Crippen LogP contribution in [0.25, 0.3) is 0 Å². The normalized spacial score (nSPS) is 12.7. The summed E-state index contributed by atoms with van der Waals surface area (Å²) >= 11 is 3.38. The fourth-order valence-corrected chi connectivity index (χ4v) is 2.37. The average molecular weight is 410 g/mol. The maximum Gasteiger partial charge on any atom is 0.307 e. The van der Waals surface area contributed by atoms with Gasteiger partial charge in [-0.3, -0.25) is 9.59 Å². The molecule has 0 saturated heterocycles. The van der Waals surface area contributed by atoms with Crippen molar-refractivity contribution in [3.8, 4) is 0 Å². The second-order valence-electron chi connectivity index (χ2n) is 4.75. The minimum atomic E-state index is -0.465. The molecule has 1 amide bonds. The molecule has 3 N–H and O–H groups in total. The van der Waals surface area contributed by atoms with Crippen LogP contribution in [0.4, 0.5) is 0 Å². The van der Waals surface area contributed by atoms with Crippen molar-refractivity contribution in [2.45, 2.75) is 25.0 Å². The maximum atomic E-state index is 12.1. The van der Waals surface area contributed by atoms with Crippen LogP contribution in [0.15, 0.2) is 28.7 Å². The second kappa shape index (κ2) is 11.4. The summed E-state index contributed by atoms with van der Waals surface area (Å²) in [6, 6.07) is 6.94. The van der Waals surface area contributed by atoms with Crippen molar-refractivity contribution in [1.82, 2.24) is 5.32 Å². The molecule has 0 saturated carbocycles. The standard InChI is InChI=1S/C15H21BrN2O4.ClH/c1-21-12(9-17)7-14(19)18-13(8-15(20)22-2)10-4-3-5-11(16)6-10;/h3-6,12-13H,7-9,17H2,1-2H3,(H,18,19);1H. The zero-order valence-corrected chi connectivity index (χ0v) is 15.5. The molecular formula is C15H22BrClN2O4. The van der Waals surface area contributed by atoms with Crippen LogP contribution in [0.1, 0.15) is 24.4 Å². The van der Waals surface area contributed by atoms with Gasteiger partial charge in [0.15, 0.2) is 0 Å². The number of amides is 1. The Hall–Kier alpha value is -1.15. The average Bonchev–Trinajstić information content (AvgIpc) is 2.51. The molecule has 23 heavy (non-hydrogen) atoms. The fourth-order valence-electron chi connectivity index (χ4n) is 1.95. The Balaban J connectivity index is 0.00000484. The number of benzene rings is 1. The summed E-state index contributed by atoms with van der Waals surface area (Å²) in [6.07, 6.45) is -0.154. The quantitative estimate of drug-likeness (QED) is 0.641. The van der Waals surface area contributed by atoms with Gasteiger partial charge in [-0.15, -0.1) is 12.4 Å². The maximum absolute atomic E-state index is 12.1. The number of hydrogen-bond acceptors (Lipinski definition) is 5. The van der Waals surface area contributed by atoms with Crippen molar-refractivity contribution in [1.29, 1.82) is 0 Å². The largest absolute Gasteiger partial charge is 0.469 e. The van der Waals surface area contributed by atoms with Crippen molar-refractivity contribution in [2.75, 3.05) is 20.8 Å². The Bertz CT molecular complexity index is 512. The molecule has 0 heterocycles. The van der Waals surface area contributed by atoms with E-state index < -0.39 is 12.0 Å². The number of halogens is 2. The van der Waals surface area contributed by atoms with Crippen molar-refractivity contribution in [3.05, 3.63) is 34.3 Å². The predicted octanol–water partition coefficient (Wildman–Crippen LogP) is 1.96. The lowest BCUT2D eigenvalue weighted by Gasteiger charge is -2.20. The molecular weight excluding hydrogens is 388 g/mol. The van der Waals surface area contributed by atoms with Crippen molar-refractivity contribution < 1.29 is 19.1 Å². The molecule has 2 atom stereocenters. The first-order chi connectivity index (χ1) is 10.5. The van der Waals surface area contributed by atoms with E-state index in [1.807, 2.05) is 24.3 Å². The Morgan fingerprint density at radius 3 is 2.52 bits per heavy atom. The number of carbonyl (C=O) groups is 2. The Kier molecular flexibility index (Phi) is 10.8. The van der Waals surface area contributed by atoms with Crippen LogP contribution in [0.3, 0.4) is 0 Å². The van der Waals surface area contributed by atoms with Crippen molar-refractivity contribution >= 4 is 40.2 Å². The molecule has 1 aromatic rings. The van der Waals surface area contributed by atoms with Crippen LogP contribution in [0.2, 0.25) is 0 Å². The van der Waals surface area contributed by atoms with Gasteiger partial charge < -0.3 is 20.5 Å². The van der Waals surface area contributed by atoms with Gasteiger partial charge in [0.1, 0.15) is 0 Å². The van der Waals surface area contributed by atoms with E-state index in [1.165, 1.54) is 14.2 Å². The molecule has 1 aromatic carbocycles. The molecule has 0 aliphatic heterocycles. The first-order valence-electron chi connectivity index (χ1n) is 6.84. The van der Waals surface area contributed by atoms with Gasteiger partial charge in [-0.2, -0.15) is 0 Å².